The summed E-state index contributed by atoms with van der Waals surface area (Å²) in [7, 11) is 1.69. The van der Waals surface area contributed by atoms with Crippen molar-refractivity contribution in [3.05, 3.63) is 93.6 Å². The van der Waals surface area contributed by atoms with E-state index in [1.807, 2.05) is 41.8 Å². The van der Waals surface area contributed by atoms with Gasteiger partial charge in [0, 0.05) is 19.5 Å². The molecule has 0 unspecified atom stereocenters. The van der Waals surface area contributed by atoms with E-state index in [1.165, 1.54) is 38.8 Å². The van der Waals surface area contributed by atoms with Crippen molar-refractivity contribution in [3.63, 3.8) is 0 Å². The fourth-order valence-corrected chi connectivity index (χ4v) is 5.15. The zero-order valence-corrected chi connectivity index (χ0v) is 18.8. The lowest BCUT2D eigenvalue weighted by atomic mass is 9.88. The highest BCUT2D eigenvalue weighted by Gasteiger charge is 2.15. The van der Waals surface area contributed by atoms with Crippen LogP contribution in [-0.4, -0.2) is 27.8 Å². The highest BCUT2D eigenvalue weighted by atomic mass is 32.2. The van der Waals surface area contributed by atoms with E-state index in [-0.39, 0.29) is 23.1 Å². The second kappa shape index (κ2) is 9.94. The molecule has 158 valence electrons. The molecule has 31 heavy (non-hydrogen) atoms. The Kier molecular flexibility index (Phi) is 6.84. The minimum atomic E-state index is -0.0808. The Morgan fingerprint density at radius 3 is 2.35 bits per heavy atom. The molecule has 0 bridgehead atoms. The molecule has 0 fully saturated rings. The summed E-state index contributed by atoms with van der Waals surface area (Å²) >= 11 is 2.72. The molecule has 2 heterocycles. The van der Waals surface area contributed by atoms with E-state index in [2.05, 4.69) is 34.6 Å². The molecule has 0 aliphatic heterocycles. The highest BCUT2D eigenvalue weighted by Crippen LogP contribution is 2.27. The van der Waals surface area contributed by atoms with Gasteiger partial charge in [0.05, 0.1) is 11.1 Å². The van der Waals surface area contributed by atoms with Gasteiger partial charge in [0.2, 0.25) is 5.91 Å². The third kappa shape index (κ3) is 5.06. The lowest BCUT2D eigenvalue weighted by molar-refractivity contribution is -0.118. The number of carbonyl (C=O) groups excluding carboxylic acids is 1. The van der Waals surface area contributed by atoms with Crippen molar-refractivity contribution < 1.29 is 4.79 Å². The molecule has 7 heteroatoms. The van der Waals surface area contributed by atoms with E-state index in [4.69, 9.17) is 0 Å². The molecule has 0 saturated heterocycles. The molecule has 2 aromatic carbocycles. The summed E-state index contributed by atoms with van der Waals surface area (Å²) in [6.07, 6.45) is 0.808. The Balaban J connectivity index is 1.36. The summed E-state index contributed by atoms with van der Waals surface area (Å²) in [5.41, 5.74) is 2.39. The fourth-order valence-electron chi connectivity index (χ4n) is 3.54. The Morgan fingerprint density at radius 2 is 1.71 bits per heavy atom. The fraction of sp³-hybridized carbons (Fsp3) is 0.208. The first-order valence-electron chi connectivity index (χ1n) is 10.1. The van der Waals surface area contributed by atoms with E-state index in [0.717, 1.165) is 6.42 Å². The van der Waals surface area contributed by atoms with Gasteiger partial charge in [-0.25, -0.2) is 4.98 Å². The topological polar surface area (TPSA) is 64.0 Å². The van der Waals surface area contributed by atoms with Gasteiger partial charge in [-0.15, -0.1) is 11.3 Å². The number of fused-ring (bicyclic) bond motifs is 1. The van der Waals surface area contributed by atoms with Crippen molar-refractivity contribution in [1.82, 2.24) is 14.9 Å². The first-order valence-corrected chi connectivity index (χ1v) is 11.9. The summed E-state index contributed by atoms with van der Waals surface area (Å²) in [5, 5.41) is 6.05. The first kappa shape index (κ1) is 21.3. The Morgan fingerprint density at radius 1 is 1.06 bits per heavy atom. The minimum absolute atomic E-state index is 0.0644. The van der Waals surface area contributed by atoms with Crippen LogP contribution >= 0.6 is 23.1 Å². The lowest BCUT2D eigenvalue weighted by Crippen LogP contribution is -2.28. The van der Waals surface area contributed by atoms with Crippen molar-refractivity contribution in [1.29, 1.82) is 0 Å². The van der Waals surface area contributed by atoms with Crippen molar-refractivity contribution in [3.8, 4) is 0 Å². The number of amides is 1. The molecule has 4 rings (SSSR count). The molecule has 1 N–H and O–H groups in total. The quantitative estimate of drug-likeness (QED) is 0.319. The third-order valence-corrected chi connectivity index (χ3v) is 6.99. The molecule has 0 aliphatic rings. The van der Waals surface area contributed by atoms with Gasteiger partial charge in [-0.2, -0.15) is 0 Å². The Bertz CT molecular complexity index is 1180. The van der Waals surface area contributed by atoms with Crippen molar-refractivity contribution in [2.75, 3.05) is 12.3 Å². The van der Waals surface area contributed by atoms with Crippen LogP contribution in [0.2, 0.25) is 0 Å². The molecule has 0 atom stereocenters. The van der Waals surface area contributed by atoms with Gasteiger partial charge < -0.3 is 5.32 Å². The summed E-state index contributed by atoms with van der Waals surface area (Å²) in [4.78, 5) is 30.1. The lowest BCUT2D eigenvalue weighted by Gasteiger charge is -2.18. The van der Waals surface area contributed by atoms with Crippen LogP contribution in [0.3, 0.4) is 0 Å². The number of hydrogen-bond acceptors (Lipinski definition) is 5. The summed E-state index contributed by atoms with van der Waals surface area (Å²) in [6.45, 7) is 0.574. The SMILES string of the molecule is Cn1c(SCC(=O)NCCC(c2ccccc2)c2ccccc2)nc2sccc2c1=O. The molecule has 1 amide bonds. The van der Waals surface area contributed by atoms with Crippen LogP contribution in [0.4, 0.5) is 0 Å². The predicted octanol–water partition coefficient (Wildman–Crippen LogP) is 4.43. The van der Waals surface area contributed by atoms with Gasteiger partial charge in [0.25, 0.3) is 5.56 Å². The van der Waals surface area contributed by atoms with Crippen molar-refractivity contribution in [2.45, 2.75) is 17.5 Å². The highest BCUT2D eigenvalue weighted by molar-refractivity contribution is 7.99. The van der Waals surface area contributed by atoms with Gasteiger partial charge in [-0.3, -0.25) is 14.2 Å². The molecule has 2 aromatic heterocycles. The van der Waals surface area contributed by atoms with Gasteiger partial charge >= 0.3 is 0 Å². The van der Waals surface area contributed by atoms with Crippen LogP contribution in [-0.2, 0) is 11.8 Å². The average molecular weight is 450 g/mol. The van der Waals surface area contributed by atoms with Gasteiger partial charge in [-0.1, -0.05) is 72.4 Å². The average Bonchev–Trinajstić information content (AvgIpc) is 3.28. The maximum atomic E-state index is 12.4. The van der Waals surface area contributed by atoms with E-state index in [9.17, 15) is 9.59 Å². The number of hydrogen-bond donors (Lipinski definition) is 1. The van der Waals surface area contributed by atoms with Crippen LogP contribution in [0, 0.1) is 0 Å². The normalized spacial score (nSPS) is 11.2. The number of benzene rings is 2. The van der Waals surface area contributed by atoms with E-state index >= 15 is 0 Å². The largest absolute Gasteiger partial charge is 0.355 e. The van der Waals surface area contributed by atoms with Gasteiger partial charge in [0.1, 0.15) is 4.83 Å². The van der Waals surface area contributed by atoms with Crippen LogP contribution in [0.15, 0.2) is 82.1 Å². The maximum Gasteiger partial charge on any atom is 0.262 e. The van der Waals surface area contributed by atoms with E-state index < -0.39 is 0 Å². The Labute approximate surface area is 189 Å². The molecule has 0 aliphatic carbocycles. The van der Waals surface area contributed by atoms with Crippen LogP contribution in [0.5, 0.6) is 0 Å². The molecular weight excluding hydrogens is 426 g/mol. The van der Waals surface area contributed by atoms with Crippen molar-refractivity contribution in [2.24, 2.45) is 7.05 Å². The second-order valence-electron chi connectivity index (χ2n) is 7.20. The first-order chi connectivity index (χ1) is 15.1. The summed E-state index contributed by atoms with van der Waals surface area (Å²) < 4.78 is 1.51. The zero-order valence-electron chi connectivity index (χ0n) is 17.2. The summed E-state index contributed by atoms with van der Waals surface area (Å²) in [5.74, 6) is 0.378. The Hall–Kier alpha value is -2.90. The number of thiophene rings is 1. The number of rotatable bonds is 8. The van der Waals surface area contributed by atoms with Crippen LogP contribution in [0.25, 0.3) is 10.2 Å². The third-order valence-electron chi connectivity index (χ3n) is 5.16. The number of thioether (sulfide) groups is 1. The predicted molar refractivity (Wildman–Crippen MR) is 128 cm³/mol. The second-order valence-corrected chi connectivity index (χ2v) is 9.04. The number of nitrogens with one attached hydrogen (secondary N) is 1. The molecule has 0 radical (unpaired) electrons. The number of nitrogens with zero attached hydrogens (tertiary/aromatic N) is 2. The molecular formula is C24H23N3O2S2. The smallest absolute Gasteiger partial charge is 0.262 e. The molecule has 4 aromatic rings. The minimum Gasteiger partial charge on any atom is -0.355 e. The number of aromatic nitrogens is 2. The molecule has 0 spiro atoms. The molecule has 5 nitrogen and oxygen atoms in total. The van der Waals surface area contributed by atoms with Crippen LogP contribution < -0.4 is 10.9 Å². The van der Waals surface area contributed by atoms with E-state index in [0.29, 0.717) is 21.9 Å². The monoisotopic (exact) mass is 449 g/mol. The zero-order chi connectivity index (χ0) is 21.6. The van der Waals surface area contributed by atoms with Gasteiger partial charge in [0.15, 0.2) is 5.16 Å². The molecule has 0 saturated carbocycles. The van der Waals surface area contributed by atoms with Gasteiger partial charge in [-0.05, 0) is 29.0 Å². The number of carbonyl (C=O) groups is 1. The van der Waals surface area contributed by atoms with Crippen LogP contribution in [0.1, 0.15) is 23.5 Å². The standard InChI is InChI=1S/C24H23N3O2S2/c1-27-23(29)20-13-15-30-22(20)26-24(27)31-16-21(28)25-14-12-19(17-8-4-2-5-9-17)18-10-6-3-7-11-18/h2-11,13,15,19H,12,14,16H2,1H3,(H,25,28). The van der Waals surface area contributed by atoms with Crippen molar-refractivity contribution >= 4 is 39.2 Å². The maximum absolute atomic E-state index is 12.4. The van der Waals surface area contributed by atoms with E-state index in [1.54, 1.807) is 13.1 Å². The summed E-state index contributed by atoms with van der Waals surface area (Å²) in [6, 6.07) is 22.5.